The Balaban J connectivity index is 2.03. The van der Waals surface area contributed by atoms with Gasteiger partial charge in [0.1, 0.15) is 11.5 Å². The van der Waals surface area contributed by atoms with E-state index in [1.54, 1.807) is 25.3 Å². The molecule has 1 saturated carbocycles. The molecule has 0 unspecified atom stereocenters. The molecule has 2 rings (SSSR count). The zero-order valence-electron chi connectivity index (χ0n) is 12.6. The van der Waals surface area contributed by atoms with E-state index < -0.39 is 5.60 Å². The molecule has 5 nitrogen and oxygen atoms in total. The van der Waals surface area contributed by atoms with Crippen LogP contribution in [0.5, 0.6) is 11.5 Å². The summed E-state index contributed by atoms with van der Waals surface area (Å²) in [6.07, 6.45) is 4.67. The topological polar surface area (TPSA) is 67.8 Å². The molecule has 1 amide bonds. The summed E-state index contributed by atoms with van der Waals surface area (Å²) in [5, 5.41) is 13.2. The van der Waals surface area contributed by atoms with Crippen LogP contribution in [0.4, 0.5) is 0 Å². The number of nitrogens with one attached hydrogen (secondary N) is 1. The summed E-state index contributed by atoms with van der Waals surface area (Å²) in [7, 11) is 3.08. The maximum absolute atomic E-state index is 12.3. The molecule has 0 aromatic heterocycles. The van der Waals surface area contributed by atoms with E-state index in [4.69, 9.17) is 9.47 Å². The number of carbonyl (C=O) groups is 1. The van der Waals surface area contributed by atoms with E-state index in [2.05, 4.69) is 5.32 Å². The fraction of sp³-hybridized carbons (Fsp3) is 0.562. The molecule has 1 fully saturated rings. The van der Waals surface area contributed by atoms with E-state index in [1.165, 1.54) is 7.11 Å². The molecule has 1 aliphatic carbocycles. The van der Waals surface area contributed by atoms with Crippen LogP contribution in [0.15, 0.2) is 18.2 Å². The second-order valence-electron chi connectivity index (χ2n) is 5.53. The number of rotatable bonds is 5. The van der Waals surface area contributed by atoms with Gasteiger partial charge in [-0.15, -0.1) is 0 Å². The lowest BCUT2D eigenvalue weighted by molar-refractivity contribution is 0.00523. The Morgan fingerprint density at radius 3 is 2.57 bits per heavy atom. The Morgan fingerprint density at radius 1 is 1.24 bits per heavy atom. The van der Waals surface area contributed by atoms with Crippen LogP contribution in [0.1, 0.15) is 42.5 Å². The van der Waals surface area contributed by atoms with E-state index in [9.17, 15) is 9.90 Å². The fourth-order valence-corrected chi connectivity index (χ4v) is 2.71. The molecule has 116 valence electrons. The predicted octanol–water partition coefficient (Wildman–Crippen LogP) is 2.13. The van der Waals surface area contributed by atoms with Crippen molar-refractivity contribution in [2.24, 2.45) is 0 Å². The molecule has 0 atom stereocenters. The van der Waals surface area contributed by atoms with Crippen LogP contribution < -0.4 is 14.8 Å². The highest BCUT2D eigenvalue weighted by Gasteiger charge is 2.29. The smallest absolute Gasteiger partial charge is 0.255 e. The lowest BCUT2D eigenvalue weighted by Crippen LogP contribution is -2.44. The van der Waals surface area contributed by atoms with Gasteiger partial charge in [0.15, 0.2) is 0 Å². The first-order valence-electron chi connectivity index (χ1n) is 7.30. The Morgan fingerprint density at radius 2 is 1.95 bits per heavy atom. The molecule has 0 radical (unpaired) electrons. The first-order valence-corrected chi connectivity index (χ1v) is 7.30. The van der Waals surface area contributed by atoms with Crippen molar-refractivity contribution >= 4 is 5.91 Å². The summed E-state index contributed by atoms with van der Waals surface area (Å²) in [6.45, 7) is 0.279. The van der Waals surface area contributed by atoms with Gasteiger partial charge in [-0.25, -0.2) is 0 Å². The van der Waals surface area contributed by atoms with Gasteiger partial charge in [-0.1, -0.05) is 19.3 Å². The third-order valence-corrected chi connectivity index (χ3v) is 4.02. The Bertz CT molecular complexity index is 495. The number of hydrogen-bond donors (Lipinski definition) is 2. The van der Waals surface area contributed by atoms with Gasteiger partial charge < -0.3 is 19.9 Å². The van der Waals surface area contributed by atoms with Crippen LogP contribution in [0.2, 0.25) is 0 Å². The summed E-state index contributed by atoms with van der Waals surface area (Å²) in [6, 6.07) is 5.05. The Labute approximate surface area is 125 Å². The predicted molar refractivity (Wildman–Crippen MR) is 79.9 cm³/mol. The molecule has 0 saturated heterocycles. The van der Waals surface area contributed by atoms with E-state index >= 15 is 0 Å². The number of amides is 1. The van der Waals surface area contributed by atoms with Crippen molar-refractivity contribution in [3.05, 3.63) is 23.8 Å². The summed E-state index contributed by atoms with van der Waals surface area (Å²) in [5.41, 5.74) is -0.328. The lowest BCUT2D eigenvalue weighted by atomic mass is 9.85. The van der Waals surface area contributed by atoms with Crippen LogP contribution in [-0.4, -0.2) is 37.4 Å². The van der Waals surface area contributed by atoms with Crippen LogP contribution in [0.3, 0.4) is 0 Å². The number of methoxy groups -OCH3 is 2. The van der Waals surface area contributed by atoms with E-state index in [0.717, 1.165) is 32.1 Å². The van der Waals surface area contributed by atoms with Gasteiger partial charge in [0.25, 0.3) is 5.91 Å². The van der Waals surface area contributed by atoms with Crippen molar-refractivity contribution in [3.8, 4) is 11.5 Å². The third kappa shape index (κ3) is 3.88. The van der Waals surface area contributed by atoms with Crippen molar-refractivity contribution in [3.63, 3.8) is 0 Å². The van der Waals surface area contributed by atoms with Gasteiger partial charge in [-0.05, 0) is 25.0 Å². The Kier molecular flexibility index (Phi) is 5.07. The maximum Gasteiger partial charge on any atom is 0.255 e. The van der Waals surface area contributed by atoms with E-state index in [0.29, 0.717) is 17.1 Å². The van der Waals surface area contributed by atoms with Gasteiger partial charge in [0.05, 0.1) is 25.4 Å². The number of benzene rings is 1. The molecule has 21 heavy (non-hydrogen) atoms. The summed E-state index contributed by atoms with van der Waals surface area (Å²) in [4.78, 5) is 12.3. The van der Waals surface area contributed by atoms with Crippen LogP contribution >= 0.6 is 0 Å². The molecular formula is C16H23NO4. The number of carbonyl (C=O) groups excluding carboxylic acids is 1. The number of aliphatic hydroxyl groups is 1. The van der Waals surface area contributed by atoms with Gasteiger partial charge in [-0.2, -0.15) is 0 Å². The normalized spacial score (nSPS) is 17.1. The zero-order valence-corrected chi connectivity index (χ0v) is 12.6. The van der Waals surface area contributed by atoms with Gasteiger partial charge >= 0.3 is 0 Å². The second-order valence-corrected chi connectivity index (χ2v) is 5.53. The minimum atomic E-state index is -0.770. The quantitative estimate of drug-likeness (QED) is 0.872. The SMILES string of the molecule is COc1ccc(C(=O)NCC2(O)CCCCC2)c(OC)c1. The van der Waals surface area contributed by atoms with Crippen molar-refractivity contribution in [2.75, 3.05) is 20.8 Å². The summed E-state index contributed by atoms with van der Waals surface area (Å²) < 4.78 is 10.3. The standard InChI is InChI=1S/C16H23NO4/c1-20-12-6-7-13(14(10-12)21-2)15(18)17-11-16(19)8-4-3-5-9-16/h6-7,10,19H,3-5,8-9,11H2,1-2H3,(H,17,18). The third-order valence-electron chi connectivity index (χ3n) is 4.02. The van der Waals surface area contributed by atoms with Crippen molar-refractivity contribution in [1.29, 1.82) is 0 Å². The highest BCUT2D eigenvalue weighted by atomic mass is 16.5. The summed E-state index contributed by atoms with van der Waals surface area (Å²) in [5.74, 6) is 0.852. The number of hydrogen-bond acceptors (Lipinski definition) is 4. The average Bonchev–Trinajstić information content (AvgIpc) is 2.52. The first kappa shape index (κ1) is 15.6. The van der Waals surface area contributed by atoms with Crippen molar-refractivity contribution < 1.29 is 19.4 Å². The molecular weight excluding hydrogens is 270 g/mol. The minimum absolute atomic E-state index is 0.242. The van der Waals surface area contributed by atoms with Crippen molar-refractivity contribution in [2.45, 2.75) is 37.7 Å². The molecule has 5 heteroatoms. The molecule has 1 aromatic carbocycles. The largest absolute Gasteiger partial charge is 0.497 e. The van der Waals surface area contributed by atoms with Crippen LogP contribution in [-0.2, 0) is 0 Å². The molecule has 0 aliphatic heterocycles. The highest BCUT2D eigenvalue weighted by Crippen LogP contribution is 2.28. The van der Waals surface area contributed by atoms with Crippen LogP contribution in [0, 0.1) is 0 Å². The zero-order chi connectivity index (χ0) is 15.3. The monoisotopic (exact) mass is 293 g/mol. The minimum Gasteiger partial charge on any atom is -0.497 e. The molecule has 0 heterocycles. The van der Waals surface area contributed by atoms with Gasteiger partial charge in [0, 0.05) is 12.6 Å². The van der Waals surface area contributed by atoms with E-state index in [-0.39, 0.29) is 12.5 Å². The Hall–Kier alpha value is -1.75. The average molecular weight is 293 g/mol. The molecule has 1 aliphatic rings. The molecule has 2 N–H and O–H groups in total. The van der Waals surface area contributed by atoms with Gasteiger partial charge in [0.2, 0.25) is 0 Å². The van der Waals surface area contributed by atoms with E-state index in [1.807, 2.05) is 0 Å². The maximum atomic E-state index is 12.3. The first-order chi connectivity index (χ1) is 10.1. The van der Waals surface area contributed by atoms with Crippen molar-refractivity contribution in [1.82, 2.24) is 5.32 Å². The second kappa shape index (κ2) is 6.80. The fourth-order valence-electron chi connectivity index (χ4n) is 2.71. The molecule has 0 bridgehead atoms. The number of ether oxygens (including phenoxy) is 2. The summed E-state index contributed by atoms with van der Waals surface area (Å²) >= 11 is 0. The molecule has 1 aromatic rings. The lowest BCUT2D eigenvalue weighted by Gasteiger charge is -2.32. The van der Waals surface area contributed by atoms with Gasteiger partial charge in [-0.3, -0.25) is 4.79 Å². The highest BCUT2D eigenvalue weighted by molar-refractivity contribution is 5.97. The van der Waals surface area contributed by atoms with Crippen LogP contribution in [0.25, 0.3) is 0 Å². The molecule has 0 spiro atoms.